The zero-order valence-electron chi connectivity index (χ0n) is 4.10. The molecule has 0 fully saturated rings. The van der Waals surface area contributed by atoms with Crippen LogP contribution in [0.1, 0.15) is 13.8 Å². The van der Waals surface area contributed by atoms with E-state index in [1.165, 1.54) is 5.71 Å². The van der Waals surface area contributed by atoms with Crippen LogP contribution in [0.2, 0.25) is 0 Å². The van der Waals surface area contributed by atoms with E-state index in [0.29, 0.717) is 5.92 Å². The van der Waals surface area contributed by atoms with Crippen LogP contribution in [0.25, 0.3) is 0 Å². The van der Waals surface area contributed by atoms with E-state index in [0.717, 1.165) is 0 Å². The summed E-state index contributed by atoms with van der Waals surface area (Å²) in [6.45, 7) is 4.19. The van der Waals surface area contributed by atoms with Gasteiger partial charge in [0.2, 0.25) is 0 Å². The van der Waals surface area contributed by atoms with Crippen LogP contribution in [-0.2, 0) is 0 Å². The molecule has 1 aliphatic heterocycles. The van der Waals surface area contributed by atoms with E-state index in [-0.39, 0.29) is 0 Å². The standard InChI is InChI=1S/C5H8N/c1-4-3-6-5(4)2/h3-4H,1-2H3/q+1/t4-/m0/s1. The molecule has 32 valence electrons. The summed E-state index contributed by atoms with van der Waals surface area (Å²) in [5.41, 5.74) is 1.26. The molecule has 1 rings (SSSR count). The molecule has 0 amide bonds. The fourth-order valence-electron chi connectivity index (χ4n) is 0.373. The first-order valence-electron chi connectivity index (χ1n) is 2.18. The van der Waals surface area contributed by atoms with Gasteiger partial charge in [-0.3, -0.25) is 0 Å². The topological polar surface area (TPSA) is 14.1 Å². The monoisotopic (exact) mass is 82.1 g/mol. The van der Waals surface area contributed by atoms with Gasteiger partial charge in [0.1, 0.15) is 5.92 Å². The van der Waals surface area contributed by atoms with Crippen LogP contribution >= 0.6 is 0 Å². The maximum absolute atomic E-state index is 3.94. The molecule has 0 N–H and O–H groups in total. The molecule has 1 heteroatoms. The van der Waals surface area contributed by atoms with Gasteiger partial charge in [0.05, 0.1) is 0 Å². The number of nitrogens with zero attached hydrogens (tertiary/aromatic N) is 1. The van der Waals surface area contributed by atoms with Crippen molar-refractivity contribution >= 4 is 11.9 Å². The molecule has 0 aliphatic carbocycles. The van der Waals surface area contributed by atoms with E-state index in [9.17, 15) is 0 Å². The number of hydrogen-bond acceptors (Lipinski definition) is 0. The van der Waals surface area contributed by atoms with Crippen LogP contribution in [-0.4, -0.2) is 11.9 Å². The van der Waals surface area contributed by atoms with Crippen molar-refractivity contribution in [2.45, 2.75) is 13.8 Å². The predicted molar refractivity (Wildman–Crippen MR) is 28.0 cm³/mol. The first kappa shape index (κ1) is 3.63. The lowest BCUT2D eigenvalue weighted by molar-refractivity contribution is 1.02. The molecule has 0 saturated carbocycles. The third kappa shape index (κ3) is 0.290. The second-order valence-corrected chi connectivity index (χ2v) is 1.71. The number of hydrogen-bond donors (Lipinski definition) is 0. The smallest absolute Gasteiger partial charge is 0.106 e. The van der Waals surface area contributed by atoms with Crippen molar-refractivity contribution in [1.29, 1.82) is 0 Å². The molecule has 6 heavy (non-hydrogen) atoms. The molecule has 1 nitrogen and oxygen atoms in total. The second-order valence-electron chi connectivity index (χ2n) is 1.71. The molecule has 0 aromatic heterocycles. The van der Waals surface area contributed by atoms with Gasteiger partial charge in [0, 0.05) is 6.92 Å². The van der Waals surface area contributed by atoms with Gasteiger partial charge < -0.3 is 0 Å². The highest BCUT2D eigenvalue weighted by Gasteiger charge is 2.22. The van der Waals surface area contributed by atoms with Crippen molar-refractivity contribution in [2.24, 2.45) is 5.92 Å². The minimum Gasteiger partial charge on any atom is -0.106 e. The first-order chi connectivity index (χ1) is 2.80. The minimum absolute atomic E-state index is 0.657. The lowest BCUT2D eigenvalue weighted by Gasteiger charge is -1.89. The van der Waals surface area contributed by atoms with Gasteiger partial charge in [-0.25, -0.2) is 0 Å². The lowest BCUT2D eigenvalue weighted by atomic mass is 10.1. The summed E-state index contributed by atoms with van der Waals surface area (Å²) in [7, 11) is 0. The van der Waals surface area contributed by atoms with Gasteiger partial charge in [-0.05, 0) is 6.92 Å². The third-order valence-electron chi connectivity index (χ3n) is 1.16. The fraction of sp³-hybridized carbons (Fsp3) is 0.600. The second kappa shape index (κ2) is 0.954. The normalized spacial score (nSPS) is 29.0. The molecule has 1 heterocycles. The Morgan fingerprint density at radius 1 is 1.83 bits per heavy atom. The van der Waals surface area contributed by atoms with Crippen LogP contribution in [0.3, 0.4) is 0 Å². The summed E-state index contributed by atoms with van der Waals surface area (Å²) in [6, 6.07) is 0. The van der Waals surface area contributed by atoms with Crippen molar-refractivity contribution < 1.29 is 0 Å². The molecule has 0 aromatic rings. The van der Waals surface area contributed by atoms with Gasteiger partial charge in [0.25, 0.3) is 11.9 Å². The van der Waals surface area contributed by atoms with E-state index >= 15 is 0 Å². The Morgan fingerprint density at radius 3 is 2.33 bits per heavy atom. The molecular weight excluding hydrogens is 74.1 g/mol. The Hall–Kier alpha value is -0.550. The maximum atomic E-state index is 3.94. The summed E-state index contributed by atoms with van der Waals surface area (Å²) < 4.78 is 3.94. The van der Waals surface area contributed by atoms with Gasteiger partial charge in [-0.2, -0.15) is 0 Å². The quantitative estimate of drug-likeness (QED) is 0.371. The molecule has 0 aromatic carbocycles. The van der Waals surface area contributed by atoms with E-state index < -0.39 is 0 Å². The predicted octanol–water partition coefficient (Wildman–Crippen LogP) is 0.235. The van der Waals surface area contributed by atoms with Gasteiger partial charge in [-0.15, -0.1) is 4.67 Å². The van der Waals surface area contributed by atoms with Crippen LogP contribution in [0.15, 0.2) is 0 Å². The molecule has 0 bridgehead atoms. The molecule has 0 unspecified atom stereocenters. The Kier molecular flexibility index (Phi) is 0.578. The molecular formula is C5H8N+. The van der Waals surface area contributed by atoms with E-state index in [1.54, 1.807) is 0 Å². The summed E-state index contributed by atoms with van der Waals surface area (Å²) in [5.74, 6) is 0.657. The van der Waals surface area contributed by atoms with Crippen molar-refractivity contribution in [3.05, 3.63) is 0 Å². The summed E-state index contributed by atoms with van der Waals surface area (Å²) in [6.07, 6.45) is 1.95. The van der Waals surface area contributed by atoms with E-state index in [4.69, 9.17) is 0 Å². The Bertz CT molecular complexity index is 118. The summed E-state index contributed by atoms with van der Waals surface area (Å²) in [5, 5.41) is 0. The average molecular weight is 82.1 g/mol. The maximum Gasteiger partial charge on any atom is 0.291 e. The zero-order valence-corrected chi connectivity index (χ0v) is 4.10. The lowest BCUT2D eigenvalue weighted by Crippen LogP contribution is -2.21. The molecule has 1 atom stereocenters. The average Bonchev–Trinajstić information content (AvgIpc) is 1.61. The van der Waals surface area contributed by atoms with E-state index in [1.807, 2.05) is 13.1 Å². The van der Waals surface area contributed by atoms with Crippen LogP contribution in [0.4, 0.5) is 0 Å². The fourth-order valence-corrected chi connectivity index (χ4v) is 0.373. The molecule has 0 saturated heterocycles. The SMILES string of the molecule is CC1=[N+]=C[C@@H]1C. The highest BCUT2D eigenvalue weighted by Crippen LogP contribution is 1.93. The van der Waals surface area contributed by atoms with Gasteiger partial charge >= 0.3 is 0 Å². The largest absolute Gasteiger partial charge is 0.291 e. The Labute approximate surface area is 37.4 Å². The van der Waals surface area contributed by atoms with Crippen molar-refractivity contribution in [1.82, 2.24) is 4.67 Å². The first-order valence-corrected chi connectivity index (χ1v) is 2.18. The van der Waals surface area contributed by atoms with Crippen LogP contribution in [0.5, 0.6) is 0 Å². The zero-order chi connectivity index (χ0) is 4.57. The Balaban J connectivity index is 2.70. The van der Waals surface area contributed by atoms with Crippen LogP contribution < -0.4 is 4.67 Å². The third-order valence-corrected chi connectivity index (χ3v) is 1.16. The molecule has 0 radical (unpaired) electrons. The van der Waals surface area contributed by atoms with Gasteiger partial charge in [0.15, 0.2) is 0 Å². The minimum atomic E-state index is 0.657. The van der Waals surface area contributed by atoms with Gasteiger partial charge in [-0.1, -0.05) is 0 Å². The summed E-state index contributed by atoms with van der Waals surface area (Å²) in [4.78, 5) is 0. The molecule has 1 aliphatic rings. The van der Waals surface area contributed by atoms with Crippen molar-refractivity contribution in [3.8, 4) is 0 Å². The number of rotatable bonds is 0. The highest BCUT2D eigenvalue weighted by molar-refractivity contribution is 6.03. The Morgan fingerprint density at radius 2 is 2.33 bits per heavy atom. The van der Waals surface area contributed by atoms with E-state index in [2.05, 4.69) is 11.6 Å². The van der Waals surface area contributed by atoms with Crippen LogP contribution in [0, 0.1) is 5.92 Å². The highest BCUT2D eigenvalue weighted by atomic mass is 14.7. The van der Waals surface area contributed by atoms with Crippen molar-refractivity contribution in [3.63, 3.8) is 0 Å². The van der Waals surface area contributed by atoms with Crippen molar-refractivity contribution in [2.75, 3.05) is 0 Å². The summed E-state index contributed by atoms with van der Waals surface area (Å²) >= 11 is 0. The molecule has 0 spiro atoms.